The molecule has 0 bridgehead atoms. The number of nitrogens with one attached hydrogen (secondary N) is 1. The van der Waals surface area contributed by atoms with Crippen LogP contribution in [-0.4, -0.2) is 11.7 Å². The number of halogens is 1. The van der Waals surface area contributed by atoms with E-state index in [0.717, 1.165) is 0 Å². The SMILES string of the molecule is ClC1C=CC=NN1. The Balaban J connectivity index is 2.49. The first-order chi connectivity index (χ1) is 3.39. The maximum Gasteiger partial charge on any atom is 0.136 e. The molecule has 0 aromatic carbocycles. The minimum Gasteiger partial charge on any atom is -0.288 e. The summed E-state index contributed by atoms with van der Waals surface area (Å²) in [5.74, 6) is 0. The van der Waals surface area contributed by atoms with Crippen LogP contribution in [0.25, 0.3) is 0 Å². The van der Waals surface area contributed by atoms with E-state index in [1.165, 1.54) is 0 Å². The van der Waals surface area contributed by atoms with Crippen LogP contribution in [0.15, 0.2) is 17.3 Å². The second kappa shape index (κ2) is 1.98. The van der Waals surface area contributed by atoms with Crippen LogP contribution in [0.1, 0.15) is 0 Å². The van der Waals surface area contributed by atoms with Gasteiger partial charge < -0.3 is 0 Å². The smallest absolute Gasteiger partial charge is 0.136 e. The van der Waals surface area contributed by atoms with Gasteiger partial charge in [-0.25, -0.2) is 0 Å². The molecule has 0 spiro atoms. The minimum absolute atomic E-state index is 0.120. The molecule has 3 heteroatoms. The number of hydrogen-bond donors (Lipinski definition) is 1. The Hall–Kier alpha value is -0.500. The van der Waals surface area contributed by atoms with Gasteiger partial charge in [-0.3, -0.25) is 5.43 Å². The van der Waals surface area contributed by atoms with Crippen LogP contribution in [-0.2, 0) is 0 Å². The van der Waals surface area contributed by atoms with E-state index in [-0.39, 0.29) is 5.50 Å². The molecule has 1 heterocycles. The summed E-state index contributed by atoms with van der Waals surface area (Å²) in [4.78, 5) is 0. The van der Waals surface area contributed by atoms with Crippen molar-refractivity contribution in [3.8, 4) is 0 Å². The molecular formula is C4H5ClN2. The van der Waals surface area contributed by atoms with Gasteiger partial charge in [0.2, 0.25) is 0 Å². The van der Waals surface area contributed by atoms with Crippen molar-refractivity contribution in [2.24, 2.45) is 5.10 Å². The average molecular weight is 117 g/mol. The third-order valence-corrected chi connectivity index (χ3v) is 0.882. The third kappa shape index (κ3) is 1.20. The molecule has 7 heavy (non-hydrogen) atoms. The summed E-state index contributed by atoms with van der Waals surface area (Å²) in [7, 11) is 0. The summed E-state index contributed by atoms with van der Waals surface area (Å²) >= 11 is 5.50. The van der Waals surface area contributed by atoms with Gasteiger partial charge in [0, 0.05) is 6.21 Å². The van der Waals surface area contributed by atoms with Crippen molar-refractivity contribution in [2.45, 2.75) is 5.50 Å². The van der Waals surface area contributed by atoms with Crippen molar-refractivity contribution >= 4 is 17.8 Å². The quantitative estimate of drug-likeness (QED) is 0.366. The Morgan fingerprint density at radius 3 is 2.86 bits per heavy atom. The van der Waals surface area contributed by atoms with Gasteiger partial charge in [0.1, 0.15) is 5.50 Å². The number of nitrogens with zero attached hydrogens (tertiary/aromatic N) is 1. The molecule has 38 valence electrons. The molecule has 1 aliphatic rings. The van der Waals surface area contributed by atoms with Crippen molar-refractivity contribution in [3.63, 3.8) is 0 Å². The molecule has 0 saturated heterocycles. The molecule has 0 aliphatic carbocycles. The molecule has 1 N–H and O–H groups in total. The summed E-state index contributed by atoms with van der Waals surface area (Å²) < 4.78 is 0. The Kier molecular flexibility index (Phi) is 1.32. The van der Waals surface area contributed by atoms with Gasteiger partial charge in [0.25, 0.3) is 0 Å². The van der Waals surface area contributed by atoms with Crippen LogP contribution >= 0.6 is 11.6 Å². The van der Waals surface area contributed by atoms with Gasteiger partial charge in [0.15, 0.2) is 0 Å². The zero-order valence-corrected chi connectivity index (χ0v) is 4.39. The van der Waals surface area contributed by atoms with Gasteiger partial charge in [-0.1, -0.05) is 11.6 Å². The molecule has 2 nitrogen and oxygen atoms in total. The van der Waals surface area contributed by atoms with E-state index in [4.69, 9.17) is 11.6 Å². The van der Waals surface area contributed by atoms with Crippen LogP contribution in [0.4, 0.5) is 0 Å². The number of hydrazone groups is 1. The fourth-order valence-corrected chi connectivity index (χ4v) is 0.488. The van der Waals surface area contributed by atoms with E-state index < -0.39 is 0 Å². The lowest BCUT2D eigenvalue weighted by molar-refractivity contribution is 0.771. The first-order valence-electron chi connectivity index (χ1n) is 1.99. The van der Waals surface area contributed by atoms with Gasteiger partial charge in [-0.05, 0) is 12.2 Å². The standard InChI is InChI=1S/C4H5ClN2/c5-4-2-1-3-6-7-4/h1-4,7H. The molecule has 0 radical (unpaired) electrons. The van der Waals surface area contributed by atoms with E-state index in [1.54, 1.807) is 12.3 Å². The Morgan fingerprint density at radius 1 is 1.71 bits per heavy atom. The maximum absolute atomic E-state index is 5.50. The zero-order chi connectivity index (χ0) is 5.11. The van der Waals surface area contributed by atoms with Crippen molar-refractivity contribution in [2.75, 3.05) is 0 Å². The predicted molar refractivity (Wildman–Crippen MR) is 30.4 cm³/mol. The van der Waals surface area contributed by atoms with E-state index in [9.17, 15) is 0 Å². The second-order valence-electron chi connectivity index (χ2n) is 1.19. The molecule has 0 fully saturated rings. The predicted octanol–water partition coefficient (Wildman–Crippen LogP) is 0.696. The number of hydrogen-bond acceptors (Lipinski definition) is 2. The molecule has 1 aliphatic heterocycles. The largest absolute Gasteiger partial charge is 0.288 e. The normalized spacial score (nSPS) is 27.3. The van der Waals surface area contributed by atoms with E-state index in [2.05, 4.69) is 10.5 Å². The molecule has 0 amide bonds. The van der Waals surface area contributed by atoms with E-state index >= 15 is 0 Å². The highest BCUT2D eigenvalue weighted by atomic mass is 35.5. The lowest BCUT2D eigenvalue weighted by Gasteiger charge is -2.03. The van der Waals surface area contributed by atoms with Crippen molar-refractivity contribution in [1.29, 1.82) is 0 Å². The average Bonchev–Trinajstić information content (AvgIpc) is 1.69. The van der Waals surface area contributed by atoms with Gasteiger partial charge in [-0.15, -0.1) is 0 Å². The second-order valence-corrected chi connectivity index (χ2v) is 1.66. The summed E-state index contributed by atoms with van der Waals surface area (Å²) in [6.07, 6.45) is 5.27. The lowest BCUT2D eigenvalue weighted by atomic mass is 10.5. The Bertz CT molecular complexity index is 108. The number of allylic oxidation sites excluding steroid dienone is 1. The van der Waals surface area contributed by atoms with Crippen molar-refractivity contribution in [3.05, 3.63) is 12.2 Å². The first-order valence-corrected chi connectivity index (χ1v) is 2.43. The van der Waals surface area contributed by atoms with Crippen LogP contribution < -0.4 is 5.43 Å². The third-order valence-electron chi connectivity index (χ3n) is 0.639. The summed E-state index contributed by atoms with van der Waals surface area (Å²) in [6, 6.07) is 0. The number of rotatable bonds is 0. The molecule has 0 saturated carbocycles. The van der Waals surface area contributed by atoms with Gasteiger partial charge in [-0.2, -0.15) is 5.10 Å². The van der Waals surface area contributed by atoms with E-state index in [0.29, 0.717) is 0 Å². The van der Waals surface area contributed by atoms with Gasteiger partial charge in [0.05, 0.1) is 0 Å². The monoisotopic (exact) mass is 116 g/mol. The van der Waals surface area contributed by atoms with Gasteiger partial charge >= 0.3 is 0 Å². The van der Waals surface area contributed by atoms with Crippen LogP contribution in [0.5, 0.6) is 0 Å². The molecule has 1 rings (SSSR count). The Labute approximate surface area is 46.9 Å². The molecule has 0 aromatic heterocycles. The van der Waals surface area contributed by atoms with Crippen molar-refractivity contribution < 1.29 is 0 Å². The summed E-state index contributed by atoms with van der Waals surface area (Å²) in [5.41, 5.74) is 2.51. The molecular weight excluding hydrogens is 112 g/mol. The number of alkyl halides is 1. The van der Waals surface area contributed by atoms with Crippen molar-refractivity contribution in [1.82, 2.24) is 5.43 Å². The Morgan fingerprint density at radius 2 is 2.57 bits per heavy atom. The van der Waals surface area contributed by atoms with E-state index in [1.807, 2.05) is 6.08 Å². The maximum atomic E-state index is 5.50. The fourth-order valence-electron chi connectivity index (χ4n) is 0.348. The fraction of sp³-hybridized carbons (Fsp3) is 0.250. The van der Waals surface area contributed by atoms with Crippen LogP contribution in [0.3, 0.4) is 0 Å². The topological polar surface area (TPSA) is 24.4 Å². The minimum atomic E-state index is -0.120. The summed E-state index contributed by atoms with van der Waals surface area (Å²) in [6.45, 7) is 0. The molecule has 1 atom stereocenters. The van der Waals surface area contributed by atoms with Crippen LogP contribution in [0, 0.1) is 0 Å². The lowest BCUT2D eigenvalue weighted by Crippen LogP contribution is -2.17. The first kappa shape index (κ1) is 4.65. The molecule has 1 unspecified atom stereocenters. The highest BCUT2D eigenvalue weighted by molar-refractivity contribution is 6.21. The highest BCUT2D eigenvalue weighted by Crippen LogP contribution is 1.94. The van der Waals surface area contributed by atoms with Crippen LogP contribution in [0.2, 0.25) is 0 Å². The molecule has 0 aromatic rings. The highest BCUT2D eigenvalue weighted by Gasteiger charge is 1.94. The summed E-state index contributed by atoms with van der Waals surface area (Å²) in [5, 5.41) is 3.66. The zero-order valence-electron chi connectivity index (χ0n) is 3.63.